The van der Waals surface area contributed by atoms with Crippen molar-refractivity contribution in [2.45, 2.75) is 12.1 Å². The summed E-state index contributed by atoms with van der Waals surface area (Å²) < 4.78 is 27.7. The SMILES string of the molecule is CN1C(=O)N(Cc2cc(F)ccc2F)C(=O)[C@]12C(=O)N(CC(=O)O)c1ccc(Cl)cc12. The number of likely N-dealkylation sites (N-methyl/N-ethyl adjacent to an activating group) is 1. The van der Waals surface area contributed by atoms with Crippen LogP contribution in [0.1, 0.15) is 11.1 Å². The van der Waals surface area contributed by atoms with Gasteiger partial charge in [-0.25, -0.2) is 13.6 Å². The number of urea groups is 1. The van der Waals surface area contributed by atoms with Crippen LogP contribution < -0.4 is 4.90 Å². The van der Waals surface area contributed by atoms with Crippen LogP contribution in [0, 0.1) is 11.6 Å². The van der Waals surface area contributed by atoms with Crippen molar-refractivity contribution in [2.75, 3.05) is 18.5 Å². The molecule has 1 N–H and O–H groups in total. The molecule has 11 heteroatoms. The summed E-state index contributed by atoms with van der Waals surface area (Å²) in [5, 5.41) is 9.38. The molecule has 4 amide bonds. The number of nitrogens with zero attached hydrogens (tertiary/aromatic N) is 3. The van der Waals surface area contributed by atoms with E-state index in [0.717, 1.165) is 28.0 Å². The molecular weight excluding hydrogens is 436 g/mol. The van der Waals surface area contributed by atoms with E-state index in [4.69, 9.17) is 11.6 Å². The number of halogens is 3. The summed E-state index contributed by atoms with van der Waals surface area (Å²) >= 11 is 6.06. The minimum Gasteiger partial charge on any atom is -0.480 e. The van der Waals surface area contributed by atoms with Gasteiger partial charge in [-0.05, 0) is 36.4 Å². The number of carboxylic acid groups (broad SMARTS) is 1. The molecule has 2 aliphatic rings. The highest BCUT2D eigenvalue weighted by atomic mass is 35.5. The molecule has 0 aromatic heterocycles. The predicted molar refractivity (Wildman–Crippen MR) is 103 cm³/mol. The van der Waals surface area contributed by atoms with E-state index >= 15 is 0 Å². The van der Waals surface area contributed by atoms with Crippen LogP contribution in [0.25, 0.3) is 0 Å². The second kappa shape index (κ2) is 7.02. The lowest BCUT2D eigenvalue weighted by Gasteiger charge is -2.27. The number of aliphatic carboxylic acids is 1. The van der Waals surface area contributed by atoms with Crippen LogP contribution in [0.5, 0.6) is 0 Å². The van der Waals surface area contributed by atoms with Gasteiger partial charge in [0.1, 0.15) is 18.2 Å². The summed E-state index contributed by atoms with van der Waals surface area (Å²) in [6.07, 6.45) is 0. The number of carboxylic acids is 1. The van der Waals surface area contributed by atoms with Crippen molar-refractivity contribution in [1.82, 2.24) is 9.80 Å². The molecule has 2 aliphatic heterocycles. The van der Waals surface area contributed by atoms with Crippen molar-refractivity contribution in [3.63, 3.8) is 0 Å². The molecule has 0 bridgehead atoms. The van der Waals surface area contributed by atoms with Crippen molar-refractivity contribution < 1.29 is 33.1 Å². The third-order valence-corrected chi connectivity index (χ3v) is 5.63. The van der Waals surface area contributed by atoms with Crippen molar-refractivity contribution in [1.29, 1.82) is 0 Å². The number of amides is 4. The van der Waals surface area contributed by atoms with Gasteiger partial charge in [0.2, 0.25) is 5.54 Å². The fourth-order valence-corrected chi connectivity index (χ4v) is 4.17. The minimum atomic E-state index is -2.20. The lowest BCUT2D eigenvalue weighted by Crippen LogP contribution is -2.53. The Morgan fingerprint density at radius 2 is 1.74 bits per heavy atom. The van der Waals surface area contributed by atoms with E-state index < -0.39 is 54.1 Å². The summed E-state index contributed by atoms with van der Waals surface area (Å²) in [6, 6.07) is 5.78. The first kappa shape index (κ1) is 20.7. The number of fused-ring (bicyclic) bond motifs is 2. The molecule has 1 atom stereocenters. The maximum Gasteiger partial charge on any atom is 0.328 e. The molecule has 1 saturated heterocycles. The van der Waals surface area contributed by atoms with Gasteiger partial charge in [0.05, 0.1) is 12.2 Å². The van der Waals surface area contributed by atoms with E-state index in [2.05, 4.69) is 0 Å². The van der Waals surface area contributed by atoms with Gasteiger partial charge >= 0.3 is 12.0 Å². The summed E-state index contributed by atoms with van der Waals surface area (Å²) in [5.74, 6) is -4.88. The molecule has 1 fully saturated rings. The Balaban J connectivity index is 1.85. The lowest BCUT2D eigenvalue weighted by atomic mass is 9.90. The first-order chi connectivity index (χ1) is 14.6. The van der Waals surface area contributed by atoms with Crippen LogP contribution in [0.15, 0.2) is 36.4 Å². The summed E-state index contributed by atoms with van der Waals surface area (Å²) in [7, 11) is 1.20. The average molecular weight is 450 g/mol. The third-order valence-electron chi connectivity index (χ3n) is 5.40. The van der Waals surface area contributed by atoms with Crippen molar-refractivity contribution in [3.05, 3.63) is 64.2 Å². The Labute approximate surface area is 179 Å². The smallest absolute Gasteiger partial charge is 0.328 e. The molecular formula is C20H14ClF2N3O5. The highest BCUT2D eigenvalue weighted by Crippen LogP contribution is 2.49. The molecule has 2 aromatic carbocycles. The first-order valence-corrected chi connectivity index (χ1v) is 9.34. The van der Waals surface area contributed by atoms with Crippen molar-refractivity contribution in [2.24, 2.45) is 0 Å². The zero-order valence-corrected chi connectivity index (χ0v) is 16.7. The van der Waals surface area contributed by atoms with Crippen LogP contribution in [-0.4, -0.2) is 52.3 Å². The van der Waals surface area contributed by atoms with Crippen LogP contribution in [0.4, 0.5) is 19.3 Å². The Hall–Kier alpha value is -3.53. The molecule has 0 saturated carbocycles. The molecule has 0 unspecified atom stereocenters. The van der Waals surface area contributed by atoms with Crippen molar-refractivity contribution >= 4 is 41.1 Å². The largest absolute Gasteiger partial charge is 0.480 e. The molecule has 4 rings (SSSR count). The lowest BCUT2D eigenvalue weighted by molar-refractivity contribution is -0.143. The number of hydrogen-bond acceptors (Lipinski definition) is 4. The third kappa shape index (κ3) is 2.86. The van der Waals surface area contributed by atoms with Gasteiger partial charge in [-0.1, -0.05) is 11.6 Å². The van der Waals surface area contributed by atoms with E-state index in [1.807, 2.05) is 0 Å². The van der Waals surface area contributed by atoms with Gasteiger partial charge in [0.15, 0.2) is 0 Å². The summed E-state index contributed by atoms with van der Waals surface area (Å²) in [5.41, 5.74) is -2.31. The number of carbonyl (C=O) groups excluding carboxylic acids is 3. The number of imide groups is 1. The molecule has 2 aromatic rings. The zero-order chi connectivity index (χ0) is 22.7. The van der Waals surface area contributed by atoms with E-state index in [0.29, 0.717) is 4.90 Å². The minimum absolute atomic E-state index is 0.0364. The Morgan fingerprint density at radius 3 is 2.42 bits per heavy atom. The first-order valence-electron chi connectivity index (χ1n) is 8.96. The van der Waals surface area contributed by atoms with Crippen molar-refractivity contribution in [3.8, 4) is 0 Å². The van der Waals surface area contributed by atoms with Gasteiger partial charge in [0, 0.05) is 23.2 Å². The quantitative estimate of drug-likeness (QED) is 0.570. The fourth-order valence-electron chi connectivity index (χ4n) is 4.00. The van der Waals surface area contributed by atoms with Gasteiger partial charge in [-0.2, -0.15) is 0 Å². The average Bonchev–Trinajstić information content (AvgIpc) is 3.05. The van der Waals surface area contributed by atoms with E-state index in [1.165, 1.54) is 25.2 Å². The number of hydrogen-bond donors (Lipinski definition) is 1. The Morgan fingerprint density at radius 1 is 1.06 bits per heavy atom. The standard InChI is InChI=1S/C20H14ClF2N3O5/c1-24-19(31)26(8-10-6-12(22)3-4-14(10)23)18(30)20(24)13-7-11(21)2-5-15(13)25(17(20)29)9-16(27)28/h2-7H,8-9H2,1H3,(H,27,28)/t20-/m0/s1. The fraction of sp³-hybridized carbons (Fsp3) is 0.200. The summed E-state index contributed by atoms with van der Waals surface area (Å²) in [4.78, 5) is 53.5. The van der Waals surface area contributed by atoms with Crippen LogP contribution in [-0.2, 0) is 26.5 Å². The molecule has 31 heavy (non-hydrogen) atoms. The molecule has 0 aliphatic carbocycles. The van der Waals surface area contributed by atoms with Gasteiger partial charge in [-0.3, -0.25) is 24.2 Å². The predicted octanol–water partition coefficient (Wildman–Crippen LogP) is 2.34. The van der Waals surface area contributed by atoms with Gasteiger partial charge in [-0.15, -0.1) is 0 Å². The number of benzene rings is 2. The Bertz CT molecular complexity index is 1170. The van der Waals surface area contributed by atoms with Crippen LogP contribution in [0.3, 0.4) is 0 Å². The van der Waals surface area contributed by atoms with E-state index in [-0.39, 0.29) is 21.8 Å². The normalized spacial score (nSPS) is 20.3. The highest BCUT2D eigenvalue weighted by molar-refractivity contribution is 6.32. The van der Waals surface area contributed by atoms with Gasteiger partial charge in [0.25, 0.3) is 11.8 Å². The van der Waals surface area contributed by atoms with Gasteiger partial charge < -0.3 is 10.0 Å². The van der Waals surface area contributed by atoms with Crippen LogP contribution >= 0.6 is 11.6 Å². The summed E-state index contributed by atoms with van der Waals surface area (Å²) in [6.45, 7) is -1.36. The molecule has 0 radical (unpaired) electrons. The maximum atomic E-state index is 14.1. The second-order valence-electron chi connectivity index (χ2n) is 7.13. The molecule has 1 spiro atoms. The number of carbonyl (C=O) groups is 4. The molecule has 2 heterocycles. The maximum absolute atomic E-state index is 14.1. The molecule has 160 valence electrons. The number of anilines is 1. The number of rotatable bonds is 4. The van der Waals surface area contributed by atoms with E-state index in [9.17, 15) is 33.1 Å². The van der Waals surface area contributed by atoms with Crippen LogP contribution in [0.2, 0.25) is 5.02 Å². The Kier molecular flexibility index (Phi) is 4.69. The second-order valence-corrected chi connectivity index (χ2v) is 7.56. The zero-order valence-electron chi connectivity index (χ0n) is 15.9. The molecule has 8 nitrogen and oxygen atoms in total. The van der Waals surface area contributed by atoms with E-state index in [1.54, 1.807) is 0 Å². The topological polar surface area (TPSA) is 98.2 Å². The highest BCUT2D eigenvalue weighted by Gasteiger charge is 2.67. The monoisotopic (exact) mass is 449 g/mol.